The highest BCUT2D eigenvalue weighted by Gasteiger charge is 2.42. The maximum atomic E-state index is 6.94. The molecule has 6 heterocycles. The quantitative estimate of drug-likeness (QED) is 0.170. The summed E-state index contributed by atoms with van der Waals surface area (Å²) in [4.78, 5) is 11.8. The van der Waals surface area contributed by atoms with E-state index in [9.17, 15) is 0 Å². The third-order valence-electron chi connectivity index (χ3n) is 13.1. The lowest BCUT2D eigenvalue weighted by Crippen LogP contribution is -2.26. The Morgan fingerprint density at radius 1 is 0.477 bits per heavy atom. The molecule has 318 valence electrons. The topological polar surface area (TPSA) is 64.5 Å². The van der Waals surface area contributed by atoms with E-state index < -0.39 is 0 Å². The van der Waals surface area contributed by atoms with Crippen molar-refractivity contribution in [2.75, 3.05) is 21.4 Å². The zero-order chi connectivity index (χ0) is 43.9. The molecule has 0 saturated carbocycles. The minimum atomic E-state index is -0.158. The van der Waals surface area contributed by atoms with Gasteiger partial charge in [-0.3, -0.25) is 9.47 Å². The van der Waals surface area contributed by atoms with E-state index >= 15 is 0 Å². The van der Waals surface area contributed by atoms with E-state index in [4.69, 9.17) is 23.9 Å². The third-order valence-corrected chi connectivity index (χ3v) is 13.1. The summed E-state index contributed by atoms with van der Waals surface area (Å²) in [7, 11) is 0. The second-order valence-electron chi connectivity index (χ2n) is 19.4. The summed E-state index contributed by atoms with van der Waals surface area (Å²) in [5.74, 6) is 6.82. The number of fused-ring (bicyclic) bond motifs is 4. The maximum Gasteiger partial charge on any atom is 0.157 e. The molecule has 13 rings (SSSR count). The monoisotopic (exact) mass is 851 g/mol. The molecule has 0 aliphatic carbocycles. The lowest BCUT2D eigenvalue weighted by Gasteiger charge is -2.42. The Balaban J connectivity index is 0.892. The lowest BCUT2D eigenvalue weighted by atomic mass is 9.86. The number of hydrogen-bond donors (Lipinski definition) is 0. The van der Waals surface area contributed by atoms with E-state index in [-0.39, 0.29) is 10.8 Å². The Labute approximate surface area is 377 Å². The first-order valence-corrected chi connectivity index (χ1v) is 22.2. The van der Waals surface area contributed by atoms with Crippen LogP contribution in [0, 0.1) is 0 Å². The van der Waals surface area contributed by atoms with Crippen molar-refractivity contribution in [1.29, 1.82) is 0 Å². The van der Waals surface area contributed by atoms with E-state index in [0.29, 0.717) is 6.67 Å². The van der Waals surface area contributed by atoms with Crippen molar-refractivity contribution < 1.29 is 18.9 Å². The summed E-state index contributed by atoms with van der Waals surface area (Å²) in [6.45, 7) is 14.0. The summed E-state index contributed by atoms with van der Waals surface area (Å²) >= 11 is 0. The Kier molecular flexibility index (Phi) is 7.70. The highest BCUT2D eigenvalue weighted by Crippen LogP contribution is 2.67. The molecular weight excluding hydrogens is 807 g/mol. The van der Waals surface area contributed by atoms with Crippen LogP contribution in [0.1, 0.15) is 52.7 Å². The fourth-order valence-electron chi connectivity index (χ4n) is 9.86. The first-order valence-electron chi connectivity index (χ1n) is 22.2. The molecule has 9 aromatic rings. The van der Waals surface area contributed by atoms with Crippen LogP contribution in [0.3, 0.4) is 0 Å². The largest absolute Gasteiger partial charge is 0.457 e. The number of benzene rings is 7. The summed E-state index contributed by atoms with van der Waals surface area (Å²) in [6.07, 6.45) is 1.92. The van der Waals surface area contributed by atoms with Gasteiger partial charge >= 0.3 is 0 Å². The van der Waals surface area contributed by atoms with Gasteiger partial charge in [-0.15, -0.1) is 0 Å². The van der Waals surface area contributed by atoms with Gasteiger partial charge in [0.05, 0.1) is 28.1 Å². The maximum absolute atomic E-state index is 6.94. The lowest BCUT2D eigenvalue weighted by molar-refractivity contribution is 0.418. The molecule has 9 nitrogen and oxygen atoms in total. The number of nitrogens with zero attached hydrogens (tertiary/aromatic N) is 5. The second-order valence-corrected chi connectivity index (χ2v) is 19.4. The molecule has 0 saturated heterocycles. The van der Waals surface area contributed by atoms with Crippen LogP contribution in [0.5, 0.6) is 46.0 Å². The van der Waals surface area contributed by atoms with Crippen molar-refractivity contribution >= 4 is 61.6 Å². The predicted octanol–water partition coefficient (Wildman–Crippen LogP) is 15.6. The Morgan fingerprint density at radius 3 is 1.69 bits per heavy atom. The van der Waals surface area contributed by atoms with Crippen molar-refractivity contribution in [2.45, 2.75) is 52.4 Å². The third kappa shape index (κ3) is 5.74. The molecule has 0 radical (unpaired) electrons. The number of hydrogen-bond acceptors (Lipinski definition) is 8. The summed E-state index contributed by atoms with van der Waals surface area (Å²) in [5, 5.41) is 2.32. The molecule has 7 aromatic carbocycles. The zero-order valence-electron chi connectivity index (χ0n) is 37.0. The minimum absolute atomic E-state index is 0.0222. The summed E-state index contributed by atoms with van der Waals surface area (Å²) < 4.78 is 29.0. The van der Waals surface area contributed by atoms with Gasteiger partial charge in [0, 0.05) is 46.9 Å². The van der Waals surface area contributed by atoms with Crippen molar-refractivity contribution in [2.24, 2.45) is 0 Å². The molecule has 0 unspecified atom stereocenters. The fourth-order valence-corrected chi connectivity index (χ4v) is 9.86. The first-order chi connectivity index (χ1) is 31.4. The van der Waals surface area contributed by atoms with Crippen LogP contribution in [-0.4, -0.2) is 16.2 Å². The van der Waals surface area contributed by atoms with Crippen molar-refractivity contribution in [3.05, 3.63) is 163 Å². The molecule has 0 spiro atoms. The normalized spacial score (nSPS) is 14.2. The highest BCUT2D eigenvalue weighted by molar-refractivity contribution is 6.09. The molecule has 0 bridgehead atoms. The van der Waals surface area contributed by atoms with Gasteiger partial charge in [0.2, 0.25) is 0 Å². The standard InChI is InChI=1S/C56H45N5O4/c1-55(2,3)33-23-24-57-51(27-33)60-41-14-8-7-13-39(41)40-22-21-37(31-44(40)60)62-38-26-34(56(4,5)6)25-35(28-38)58-32-59(43-16-10-9-15-42(43)58)36-29-49-54-50(30-36)65-48-20-12-18-46-53(48)61(54)52-45(63-46)17-11-19-47(52)64-49/h7-31H,32H2,1-6H3. The molecule has 2 aromatic heterocycles. The Hall–Kier alpha value is -7.91. The van der Waals surface area contributed by atoms with Gasteiger partial charge in [-0.2, -0.15) is 0 Å². The molecule has 0 atom stereocenters. The molecule has 4 aliphatic heterocycles. The number of rotatable bonds is 5. The number of pyridine rings is 1. The molecule has 65 heavy (non-hydrogen) atoms. The van der Waals surface area contributed by atoms with Crippen molar-refractivity contribution in [3.8, 4) is 51.8 Å². The summed E-state index contributed by atoms with van der Waals surface area (Å²) in [5.41, 5.74) is 11.2. The van der Waals surface area contributed by atoms with Gasteiger partial charge in [0.1, 0.15) is 41.0 Å². The van der Waals surface area contributed by atoms with Crippen LogP contribution in [0.25, 0.3) is 27.6 Å². The van der Waals surface area contributed by atoms with Gasteiger partial charge in [0.15, 0.2) is 34.5 Å². The van der Waals surface area contributed by atoms with Crippen molar-refractivity contribution in [3.63, 3.8) is 0 Å². The number of para-hydroxylation sites is 5. The van der Waals surface area contributed by atoms with Crippen molar-refractivity contribution in [1.82, 2.24) is 9.55 Å². The van der Waals surface area contributed by atoms with E-state index in [2.05, 4.69) is 170 Å². The second kappa shape index (κ2) is 13.3. The molecule has 0 N–H and O–H groups in total. The average Bonchev–Trinajstić information content (AvgIpc) is 3.85. The van der Waals surface area contributed by atoms with Crippen LogP contribution >= 0.6 is 0 Å². The van der Waals surface area contributed by atoms with Gasteiger partial charge in [0.25, 0.3) is 0 Å². The van der Waals surface area contributed by atoms with Gasteiger partial charge in [-0.25, -0.2) is 4.98 Å². The molecule has 0 amide bonds. The molecule has 4 aliphatic rings. The van der Waals surface area contributed by atoms with Crippen LogP contribution in [0.15, 0.2) is 152 Å². The number of aromatic nitrogens is 2. The predicted molar refractivity (Wildman–Crippen MR) is 259 cm³/mol. The summed E-state index contributed by atoms with van der Waals surface area (Å²) in [6, 6.07) is 50.6. The average molecular weight is 852 g/mol. The molecule has 0 fully saturated rings. The van der Waals surface area contributed by atoms with Crippen LogP contribution < -0.4 is 33.6 Å². The Bertz CT molecular complexity index is 3410. The van der Waals surface area contributed by atoms with E-state index in [1.165, 1.54) is 16.5 Å². The highest BCUT2D eigenvalue weighted by atomic mass is 16.5. The zero-order valence-corrected chi connectivity index (χ0v) is 37.0. The molecule has 9 heteroatoms. The smallest absolute Gasteiger partial charge is 0.157 e. The van der Waals surface area contributed by atoms with Gasteiger partial charge in [-0.05, 0) is 101 Å². The number of ether oxygens (including phenoxy) is 4. The first kappa shape index (κ1) is 37.6. The Morgan fingerprint density at radius 2 is 1.05 bits per heavy atom. The van der Waals surface area contributed by atoms with E-state index in [1.807, 2.05) is 42.6 Å². The molecular formula is C56H45N5O4. The minimum Gasteiger partial charge on any atom is -0.457 e. The van der Waals surface area contributed by atoms with Gasteiger partial charge < -0.3 is 28.7 Å². The van der Waals surface area contributed by atoms with Crippen LogP contribution in [0.4, 0.5) is 39.8 Å². The van der Waals surface area contributed by atoms with E-state index in [1.54, 1.807) is 0 Å². The van der Waals surface area contributed by atoms with E-state index in [0.717, 1.165) is 108 Å². The van der Waals surface area contributed by atoms with Gasteiger partial charge in [-0.1, -0.05) is 84.0 Å². The fraction of sp³-hybridized carbons (Fsp3) is 0.161. The van der Waals surface area contributed by atoms with Crippen LogP contribution in [-0.2, 0) is 10.8 Å². The van der Waals surface area contributed by atoms with Crippen LogP contribution in [0.2, 0.25) is 0 Å². The number of anilines is 7. The SMILES string of the molecule is CC(C)(C)c1cc(Oc2ccc3c4ccccc4n(-c4cc(C(C)(C)C)ccn4)c3c2)cc(N2CN(c3cc4c5c(c3)Oc3cccc6c3N5c3c(cccc3O4)O6)c3ccccc32)c1.